The SMILES string of the molecule is COC(=O)C1=C(Nc2ccccc2)C[C@H](c2cccc([N+](=O)[O-])c2)N(c2ccccc2)[C@H]1c1cccc([N+](=O)[O-])c1. The molecule has 206 valence electrons. The lowest BCUT2D eigenvalue weighted by molar-refractivity contribution is -0.385. The molecule has 0 saturated carbocycles. The van der Waals surface area contributed by atoms with E-state index < -0.39 is 27.9 Å². The highest BCUT2D eigenvalue weighted by Crippen LogP contribution is 2.48. The number of ether oxygens (including phenoxy) is 1. The summed E-state index contributed by atoms with van der Waals surface area (Å²) in [5.41, 5.74) is 3.22. The third-order valence-corrected chi connectivity index (χ3v) is 7.00. The van der Waals surface area contributed by atoms with Crippen LogP contribution in [0.5, 0.6) is 0 Å². The number of hydrogen-bond acceptors (Lipinski definition) is 8. The maximum atomic E-state index is 13.6. The van der Waals surface area contributed by atoms with Gasteiger partial charge in [-0.15, -0.1) is 0 Å². The minimum absolute atomic E-state index is 0.0669. The highest BCUT2D eigenvalue weighted by atomic mass is 16.6. The maximum absolute atomic E-state index is 13.6. The smallest absolute Gasteiger partial charge is 0.337 e. The fraction of sp³-hybridized carbons (Fsp3) is 0.129. The van der Waals surface area contributed by atoms with E-state index in [4.69, 9.17) is 4.74 Å². The molecule has 1 aliphatic rings. The largest absolute Gasteiger partial charge is 0.466 e. The van der Waals surface area contributed by atoms with Crippen LogP contribution in [0.15, 0.2) is 120 Å². The Labute approximate surface area is 235 Å². The fourth-order valence-electron chi connectivity index (χ4n) is 5.23. The molecule has 0 aliphatic carbocycles. The molecule has 1 aliphatic heterocycles. The molecule has 2 atom stereocenters. The Morgan fingerprint density at radius 3 is 1.95 bits per heavy atom. The van der Waals surface area contributed by atoms with Crippen LogP contribution in [-0.4, -0.2) is 22.9 Å². The molecule has 0 aromatic heterocycles. The van der Waals surface area contributed by atoms with Crippen molar-refractivity contribution in [3.8, 4) is 0 Å². The van der Waals surface area contributed by atoms with Crippen molar-refractivity contribution >= 4 is 28.7 Å². The molecule has 1 heterocycles. The number of carbonyl (C=O) groups excluding carboxylic acids is 1. The molecule has 4 aromatic carbocycles. The van der Waals surface area contributed by atoms with Gasteiger partial charge in [0.25, 0.3) is 11.4 Å². The molecule has 0 saturated heterocycles. The van der Waals surface area contributed by atoms with Crippen LogP contribution in [0.1, 0.15) is 29.6 Å². The van der Waals surface area contributed by atoms with E-state index in [1.165, 1.54) is 31.4 Å². The van der Waals surface area contributed by atoms with Gasteiger partial charge < -0.3 is 15.0 Å². The van der Waals surface area contributed by atoms with Crippen molar-refractivity contribution < 1.29 is 19.4 Å². The average molecular weight is 551 g/mol. The topological polar surface area (TPSA) is 128 Å². The summed E-state index contributed by atoms with van der Waals surface area (Å²) in [5, 5.41) is 26.8. The van der Waals surface area contributed by atoms with Gasteiger partial charge in [0.05, 0.1) is 34.6 Å². The number of non-ortho nitro benzene ring substituents is 2. The molecule has 10 nitrogen and oxygen atoms in total. The number of hydrogen-bond donors (Lipinski definition) is 1. The van der Waals surface area contributed by atoms with Crippen molar-refractivity contribution in [1.29, 1.82) is 0 Å². The number of esters is 1. The van der Waals surface area contributed by atoms with Crippen LogP contribution >= 0.6 is 0 Å². The standard InChI is InChI=1S/C31H26N4O6/c1-41-31(36)29-27(32-23-12-4-2-5-13-23)20-28(21-10-8-16-25(18-21)34(37)38)33(24-14-6-3-7-15-24)30(29)22-11-9-17-26(19-22)35(39)40/h2-19,28,30,32H,20H2,1H3/t28-,30+/m1/s1. The highest BCUT2D eigenvalue weighted by molar-refractivity contribution is 5.93. The number of methoxy groups -OCH3 is 1. The second kappa shape index (κ2) is 11.7. The average Bonchev–Trinajstić information content (AvgIpc) is 3.01. The summed E-state index contributed by atoms with van der Waals surface area (Å²) in [6.07, 6.45) is 0.265. The number of anilines is 2. The van der Waals surface area contributed by atoms with Crippen molar-refractivity contribution in [2.75, 3.05) is 17.3 Å². The van der Waals surface area contributed by atoms with Gasteiger partial charge in [-0.3, -0.25) is 20.2 Å². The Hall–Kier alpha value is -5.51. The monoisotopic (exact) mass is 550 g/mol. The van der Waals surface area contributed by atoms with Gasteiger partial charge in [0.1, 0.15) is 0 Å². The molecule has 41 heavy (non-hydrogen) atoms. The first-order chi connectivity index (χ1) is 19.9. The number of nitro groups is 2. The zero-order valence-electron chi connectivity index (χ0n) is 22.0. The summed E-state index contributed by atoms with van der Waals surface area (Å²) in [7, 11) is 1.29. The Kier molecular flexibility index (Phi) is 7.73. The number of benzene rings is 4. The number of carbonyl (C=O) groups is 1. The van der Waals surface area contributed by atoms with Gasteiger partial charge in [-0.2, -0.15) is 0 Å². The minimum atomic E-state index is -0.839. The molecule has 4 aromatic rings. The molecule has 1 N–H and O–H groups in total. The summed E-state index contributed by atoms with van der Waals surface area (Å²) in [6, 6.07) is 29.8. The summed E-state index contributed by atoms with van der Waals surface area (Å²) in [5.74, 6) is -0.599. The van der Waals surface area contributed by atoms with E-state index in [0.717, 1.165) is 11.4 Å². The number of para-hydroxylation sites is 2. The van der Waals surface area contributed by atoms with E-state index in [2.05, 4.69) is 5.32 Å². The Bertz CT molecular complexity index is 1620. The number of rotatable bonds is 8. The highest BCUT2D eigenvalue weighted by Gasteiger charge is 2.42. The van der Waals surface area contributed by atoms with Gasteiger partial charge in [-0.1, -0.05) is 60.7 Å². The van der Waals surface area contributed by atoms with Crippen LogP contribution in [0.2, 0.25) is 0 Å². The zero-order valence-corrected chi connectivity index (χ0v) is 22.0. The van der Waals surface area contributed by atoms with Crippen molar-refractivity contribution in [2.45, 2.75) is 18.5 Å². The normalized spacial score (nSPS) is 16.7. The molecule has 0 bridgehead atoms. The molecule has 0 spiro atoms. The van der Waals surface area contributed by atoms with Gasteiger partial charge in [0.2, 0.25) is 0 Å². The summed E-state index contributed by atoms with van der Waals surface area (Å²) in [6.45, 7) is 0. The Morgan fingerprint density at radius 2 is 1.37 bits per heavy atom. The quantitative estimate of drug-likeness (QED) is 0.145. The van der Waals surface area contributed by atoms with Crippen LogP contribution in [-0.2, 0) is 9.53 Å². The van der Waals surface area contributed by atoms with Gasteiger partial charge in [0.15, 0.2) is 0 Å². The van der Waals surface area contributed by atoms with E-state index in [-0.39, 0.29) is 23.4 Å². The van der Waals surface area contributed by atoms with E-state index in [1.807, 2.05) is 65.6 Å². The zero-order chi connectivity index (χ0) is 28.9. The van der Waals surface area contributed by atoms with Crippen LogP contribution in [0.3, 0.4) is 0 Å². The molecule has 0 unspecified atom stereocenters. The van der Waals surface area contributed by atoms with Crippen LogP contribution in [0.25, 0.3) is 0 Å². The molecule has 5 rings (SSSR count). The van der Waals surface area contributed by atoms with Gasteiger partial charge in [0, 0.05) is 47.8 Å². The molecular formula is C31H26N4O6. The van der Waals surface area contributed by atoms with E-state index in [9.17, 15) is 25.0 Å². The first-order valence-corrected chi connectivity index (χ1v) is 12.8. The van der Waals surface area contributed by atoms with Gasteiger partial charge in [-0.05, 0) is 35.4 Å². The third kappa shape index (κ3) is 5.62. The predicted molar refractivity (Wildman–Crippen MR) is 154 cm³/mol. The molecule has 0 radical (unpaired) electrons. The lowest BCUT2D eigenvalue weighted by Gasteiger charge is -2.45. The first-order valence-electron chi connectivity index (χ1n) is 12.8. The van der Waals surface area contributed by atoms with E-state index in [0.29, 0.717) is 16.8 Å². The lowest BCUT2D eigenvalue weighted by Crippen LogP contribution is -2.41. The van der Waals surface area contributed by atoms with Crippen molar-refractivity contribution in [3.05, 3.63) is 152 Å². The van der Waals surface area contributed by atoms with Crippen molar-refractivity contribution in [1.82, 2.24) is 0 Å². The summed E-state index contributed by atoms with van der Waals surface area (Å²) >= 11 is 0. The van der Waals surface area contributed by atoms with Crippen LogP contribution in [0, 0.1) is 20.2 Å². The first kappa shape index (κ1) is 27.1. The molecule has 10 heteroatoms. The summed E-state index contributed by atoms with van der Waals surface area (Å²) in [4.78, 5) is 38.1. The van der Waals surface area contributed by atoms with Crippen molar-refractivity contribution in [2.24, 2.45) is 0 Å². The van der Waals surface area contributed by atoms with Gasteiger partial charge >= 0.3 is 5.97 Å². The van der Waals surface area contributed by atoms with E-state index >= 15 is 0 Å². The molecule has 0 fully saturated rings. The lowest BCUT2D eigenvalue weighted by atomic mass is 9.84. The number of nitro benzene ring substituents is 2. The third-order valence-electron chi connectivity index (χ3n) is 7.00. The number of nitrogens with one attached hydrogen (secondary N) is 1. The van der Waals surface area contributed by atoms with Crippen molar-refractivity contribution in [3.63, 3.8) is 0 Å². The van der Waals surface area contributed by atoms with E-state index in [1.54, 1.807) is 24.3 Å². The molecular weight excluding hydrogens is 524 g/mol. The van der Waals surface area contributed by atoms with Crippen LogP contribution < -0.4 is 10.2 Å². The van der Waals surface area contributed by atoms with Gasteiger partial charge in [-0.25, -0.2) is 4.79 Å². The van der Waals surface area contributed by atoms with Crippen LogP contribution in [0.4, 0.5) is 22.7 Å². The predicted octanol–water partition coefficient (Wildman–Crippen LogP) is 6.73. The summed E-state index contributed by atoms with van der Waals surface area (Å²) < 4.78 is 5.28. The minimum Gasteiger partial charge on any atom is -0.466 e. The molecule has 0 amide bonds. The second-order valence-electron chi connectivity index (χ2n) is 9.44. The Morgan fingerprint density at radius 1 is 0.805 bits per heavy atom. The number of nitrogens with zero attached hydrogens (tertiary/aromatic N) is 3. The maximum Gasteiger partial charge on any atom is 0.337 e. The fourth-order valence-corrected chi connectivity index (χ4v) is 5.23. The second-order valence-corrected chi connectivity index (χ2v) is 9.44. The Balaban J connectivity index is 1.81.